The van der Waals surface area contributed by atoms with Gasteiger partial charge in [-0.2, -0.15) is 8.78 Å². The minimum absolute atomic E-state index is 0.235. The van der Waals surface area contributed by atoms with Gasteiger partial charge in [0.15, 0.2) is 0 Å². The molecule has 0 unspecified atom stereocenters. The summed E-state index contributed by atoms with van der Waals surface area (Å²) in [6, 6.07) is 4.05. The van der Waals surface area contributed by atoms with Crippen LogP contribution in [0.15, 0.2) is 24.3 Å². The fourth-order valence-corrected chi connectivity index (χ4v) is 0.576. The van der Waals surface area contributed by atoms with E-state index in [4.69, 9.17) is 0 Å². The quantitative estimate of drug-likeness (QED) is 0.569. The molecule has 1 rings (SSSR count). The maximum atomic E-state index is 12.1. The van der Waals surface area contributed by atoms with Gasteiger partial charge in [-0.05, 0) is 24.3 Å². The first-order chi connectivity index (χ1) is 4.70. The number of hydrogen-bond donors (Lipinski definition) is 0. The Hall–Kier alpha value is -0.990. The molecule has 1 aromatic carbocycles. The van der Waals surface area contributed by atoms with Crippen molar-refractivity contribution in [3.8, 4) is 0 Å². The van der Waals surface area contributed by atoms with E-state index in [1.165, 1.54) is 0 Å². The van der Waals surface area contributed by atoms with Gasteiger partial charge in [-0.3, -0.25) is 0 Å². The second-order valence-corrected chi connectivity index (χ2v) is 1.77. The van der Waals surface area contributed by atoms with E-state index in [0.717, 1.165) is 24.3 Å². The van der Waals surface area contributed by atoms with Crippen molar-refractivity contribution in [2.24, 2.45) is 0 Å². The molecule has 0 aromatic heterocycles. The lowest BCUT2D eigenvalue weighted by molar-refractivity contribution is 0.324. The zero-order chi connectivity index (χ0) is 7.56. The Morgan fingerprint density at radius 1 is 1.00 bits per heavy atom. The Bertz CT molecular complexity index is 203. The average Bonchev–Trinajstić information content (AvgIpc) is 1.88. The van der Waals surface area contributed by atoms with Gasteiger partial charge in [-0.1, -0.05) is 0 Å². The summed E-state index contributed by atoms with van der Waals surface area (Å²) in [6.07, 6.45) is -1.79. The summed E-state index contributed by atoms with van der Waals surface area (Å²) in [6.45, 7) is 0. The predicted octanol–water partition coefficient (Wildman–Crippen LogP) is 2.60. The summed E-state index contributed by atoms with van der Waals surface area (Å²) >= 11 is 0. The average molecular weight is 145 g/mol. The largest absolute Gasteiger partial charge is 0.339 e. The first-order valence-corrected chi connectivity index (χ1v) is 2.64. The molecule has 10 heavy (non-hydrogen) atoms. The number of rotatable bonds is 1. The summed E-state index contributed by atoms with van der Waals surface area (Å²) in [4.78, 5) is 0. The van der Waals surface area contributed by atoms with Crippen LogP contribution in [-0.2, 0) is 0 Å². The molecule has 3 heteroatoms. The normalized spacial score (nSPS) is 10.4. The molecule has 0 fully saturated rings. The maximum absolute atomic E-state index is 12.1. The van der Waals surface area contributed by atoms with Crippen LogP contribution < -0.4 is 0 Å². The van der Waals surface area contributed by atoms with Crippen molar-refractivity contribution < 1.29 is 13.2 Å². The molecule has 0 saturated carbocycles. The molecule has 0 N–H and O–H groups in total. The summed E-state index contributed by atoms with van der Waals surface area (Å²) in [5.74, 6) is -0.509. The highest BCUT2D eigenvalue weighted by molar-refractivity contribution is 5.23. The van der Waals surface area contributed by atoms with Crippen LogP contribution in [0.3, 0.4) is 0 Å². The van der Waals surface area contributed by atoms with E-state index in [1.807, 2.05) is 0 Å². The molecule has 0 atom stereocenters. The second-order valence-electron chi connectivity index (χ2n) is 1.77. The van der Waals surface area contributed by atoms with Gasteiger partial charge in [-0.25, -0.2) is 4.39 Å². The van der Waals surface area contributed by atoms with Crippen LogP contribution in [0.2, 0.25) is 0 Å². The maximum Gasteiger partial charge on any atom is 0.339 e. The Morgan fingerprint density at radius 2 is 1.50 bits per heavy atom. The lowest BCUT2D eigenvalue weighted by atomic mass is 10.2. The minimum atomic E-state index is -1.79. The fraction of sp³-hybridized carbons (Fsp3) is 0. The van der Waals surface area contributed by atoms with Crippen LogP contribution >= 0.6 is 0 Å². The molecule has 0 nitrogen and oxygen atoms in total. The molecule has 0 spiro atoms. The lowest BCUT2D eigenvalue weighted by Gasteiger charge is -1.94. The van der Waals surface area contributed by atoms with E-state index >= 15 is 0 Å². The highest BCUT2D eigenvalue weighted by Gasteiger charge is 2.07. The smallest absolute Gasteiger partial charge is 0.207 e. The highest BCUT2D eigenvalue weighted by Crippen LogP contribution is 2.16. The fourth-order valence-electron chi connectivity index (χ4n) is 0.576. The summed E-state index contributed by atoms with van der Waals surface area (Å²) < 4.78 is 35.5. The lowest BCUT2D eigenvalue weighted by Crippen LogP contribution is -1.83. The van der Waals surface area contributed by atoms with E-state index in [2.05, 4.69) is 0 Å². The molecule has 0 aliphatic rings. The van der Waals surface area contributed by atoms with Crippen LogP contribution in [0.4, 0.5) is 13.2 Å². The minimum Gasteiger partial charge on any atom is -0.207 e. The number of hydrogen-bond acceptors (Lipinski definition) is 0. The van der Waals surface area contributed by atoms with Crippen LogP contribution in [0.5, 0.6) is 0 Å². The SMILES string of the molecule is F[C](F)c1ccc(F)cc1. The van der Waals surface area contributed by atoms with Gasteiger partial charge in [0.05, 0.1) is 0 Å². The zero-order valence-corrected chi connectivity index (χ0v) is 4.94. The van der Waals surface area contributed by atoms with Crippen molar-refractivity contribution >= 4 is 0 Å². The molecular weight excluding hydrogens is 141 g/mol. The van der Waals surface area contributed by atoms with Gasteiger partial charge < -0.3 is 0 Å². The van der Waals surface area contributed by atoms with Crippen molar-refractivity contribution in [2.45, 2.75) is 0 Å². The van der Waals surface area contributed by atoms with Gasteiger partial charge >= 0.3 is 6.43 Å². The molecule has 53 valence electrons. The molecule has 0 bridgehead atoms. The molecule has 0 saturated heterocycles. The van der Waals surface area contributed by atoms with Crippen LogP contribution in [0.25, 0.3) is 0 Å². The first kappa shape index (κ1) is 7.12. The molecule has 0 aliphatic carbocycles. The number of halogens is 3. The monoisotopic (exact) mass is 145 g/mol. The van der Waals surface area contributed by atoms with Gasteiger partial charge in [0, 0.05) is 5.56 Å². The Balaban J connectivity index is 2.89. The molecule has 0 aliphatic heterocycles. The second kappa shape index (κ2) is 2.73. The van der Waals surface area contributed by atoms with E-state index in [0.29, 0.717) is 0 Å². The van der Waals surface area contributed by atoms with Crippen molar-refractivity contribution in [3.63, 3.8) is 0 Å². The van der Waals surface area contributed by atoms with Gasteiger partial charge in [0.2, 0.25) is 0 Å². The topological polar surface area (TPSA) is 0 Å². The van der Waals surface area contributed by atoms with E-state index in [9.17, 15) is 13.2 Å². The highest BCUT2D eigenvalue weighted by atomic mass is 19.3. The molecule has 0 amide bonds. The molecule has 1 aromatic rings. The zero-order valence-electron chi connectivity index (χ0n) is 4.94. The van der Waals surface area contributed by atoms with Crippen LogP contribution in [-0.4, -0.2) is 0 Å². The van der Waals surface area contributed by atoms with Gasteiger partial charge in [0.1, 0.15) is 5.82 Å². The summed E-state index contributed by atoms with van der Waals surface area (Å²) in [5, 5.41) is 0. The van der Waals surface area contributed by atoms with E-state index < -0.39 is 12.2 Å². The van der Waals surface area contributed by atoms with Crippen LogP contribution in [0, 0.1) is 12.2 Å². The van der Waals surface area contributed by atoms with Gasteiger partial charge in [-0.15, -0.1) is 0 Å². The van der Waals surface area contributed by atoms with E-state index in [1.54, 1.807) is 0 Å². The Labute approximate surface area is 56.3 Å². The summed E-state index contributed by atoms with van der Waals surface area (Å²) in [7, 11) is 0. The third kappa shape index (κ3) is 1.50. The molecule has 1 radical (unpaired) electrons. The van der Waals surface area contributed by atoms with Crippen molar-refractivity contribution in [3.05, 3.63) is 42.1 Å². The van der Waals surface area contributed by atoms with Crippen molar-refractivity contribution in [1.82, 2.24) is 0 Å². The third-order valence-corrected chi connectivity index (χ3v) is 1.06. The molecular formula is C7H4F3. The standard InChI is InChI=1S/C7H4F3/c8-6-3-1-5(2-4-6)7(9)10/h1-4H. The first-order valence-electron chi connectivity index (χ1n) is 2.64. The van der Waals surface area contributed by atoms with E-state index in [-0.39, 0.29) is 5.56 Å². The van der Waals surface area contributed by atoms with Gasteiger partial charge in [0.25, 0.3) is 0 Å². The summed E-state index contributed by atoms with van der Waals surface area (Å²) in [5.41, 5.74) is -0.235. The number of benzene rings is 1. The Kier molecular flexibility index (Phi) is 1.94. The van der Waals surface area contributed by atoms with Crippen molar-refractivity contribution in [1.29, 1.82) is 0 Å². The predicted molar refractivity (Wildman–Crippen MR) is 31.0 cm³/mol. The van der Waals surface area contributed by atoms with Crippen LogP contribution in [0.1, 0.15) is 5.56 Å². The van der Waals surface area contributed by atoms with Crippen molar-refractivity contribution in [2.75, 3.05) is 0 Å². The molecule has 0 heterocycles. The third-order valence-electron chi connectivity index (χ3n) is 1.06. The Morgan fingerprint density at radius 3 is 1.90 bits per heavy atom.